The first kappa shape index (κ1) is 23.0. The van der Waals surface area contributed by atoms with Crippen LogP contribution in [0.2, 0.25) is 0 Å². The normalized spacial score (nSPS) is 16.6. The van der Waals surface area contributed by atoms with Crippen molar-refractivity contribution in [3.63, 3.8) is 0 Å². The summed E-state index contributed by atoms with van der Waals surface area (Å²) >= 11 is 0. The molecule has 0 bridgehead atoms. The molecule has 1 rings (SSSR count). The fraction of sp³-hybridized carbons (Fsp3) is 0.500. The molecule has 0 aromatic heterocycles. The molecule has 0 amide bonds. The van der Waals surface area contributed by atoms with Gasteiger partial charge in [0.25, 0.3) is 0 Å². The third-order valence-electron chi connectivity index (χ3n) is 3.38. The first-order chi connectivity index (χ1) is 11.6. The van der Waals surface area contributed by atoms with Crippen LogP contribution >= 0.6 is 0 Å². The molecule has 0 aliphatic rings. The van der Waals surface area contributed by atoms with Crippen LogP contribution in [-0.2, 0) is 16.0 Å². The zero-order valence-corrected chi connectivity index (χ0v) is 14.0. The summed E-state index contributed by atoms with van der Waals surface area (Å²) in [4.78, 5) is 20.2. The van der Waals surface area contributed by atoms with E-state index in [1.54, 1.807) is 0 Å². The van der Waals surface area contributed by atoms with Gasteiger partial charge in [-0.05, 0) is 26.0 Å². The largest absolute Gasteiger partial charge is 0.479 e. The third kappa shape index (κ3) is 8.57. The Morgan fingerprint density at radius 3 is 1.64 bits per heavy atom. The molecule has 0 heterocycles. The number of carbonyl (C=O) groups is 2. The molecule has 7 N–H and O–H groups in total. The van der Waals surface area contributed by atoms with Crippen LogP contribution in [-0.4, -0.2) is 80.1 Å². The van der Waals surface area contributed by atoms with E-state index in [0.29, 0.717) is 6.04 Å². The summed E-state index contributed by atoms with van der Waals surface area (Å²) in [5.41, 5.74) is 1.40. The van der Waals surface area contributed by atoms with Gasteiger partial charge in [0, 0.05) is 6.04 Å². The van der Waals surface area contributed by atoms with Crippen LogP contribution in [0, 0.1) is 0 Å². The molecule has 1 aromatic carbocycles. The molecule has 1 aromatic rings. The lowest BCUT2D eigenvalue weighted by Gasteiger charge is -2.21. The average molecular weight is 359 g/mol. The van der Waals surface area contributed by atoms with Crippen molar-refractivity contribution in [2.45, 2.75) is 43.8 Å². The fourth-order valence-corrected chi connectivity index (χ4v) is 1.74. The SMILES string of the molecule is CN[C@@H](C)Cc1ccccc1.O=C(O)[C@@H](O)[C@@H](O)[C@H](O)[C@@H](O)C(=O)O. The summed E-state index contributed by atoms with van der Waals surface area (Å²) in [6.07, 6.45) is -8.17. The number of aliphatic hydroxyl groups is 4. The number of rotatable bonds is 8. The van der Waals surface area contributed by atoms with Crippen molar-refractivity contribution in [2.24, 2.45) is 0 Å². The maximum Gasteiger partial charge on any atom is 0.335 e. The highest BCUT2D eigenvalue weighted by Gasteiger charge is 2.37. The van der Waals surface area contributed by atoms with Crippen LogP contribution in [0.15, 0.2) is 30.3 Å². The molecule has 0 fully saturated rings. The molecule has 0 radical (unpaired) electrons. The Balaban J connectivity index is 0.000000472. The van der Waals surface area contributed by atoms with E-state index in [0.717, 1.165) is 6.42 Å². The molecule has 142 valence electrons. The topological polar surface area (TPSA) is 168 Å². The van der Waals surface area contributed by atoms with E-state index < -0.39 is 36.4 Å². The van der Waals surface area contributed by atoms with Gasteiger partial charge >= 0.3 is 11.9 Å². The van der Waals surface area contributed by atoms with Crippen LogP contribution in [0.25, 0.3) is 0 Å². The predicted octanol–water partition coefficient (Wildman–Crippen LogP) is -1.56. The number of carboxylic acids is 2. The van der Waals surface area contributed by atoms with Crippen LogP contribution in [0.3, 0.4) is 0 Å². The van der Waals surface area contributed by atoms with Gasteiger partial charge in [-0.2, -0.15) is 0 Å². The Kier molecular flexibility index (Phi) is 10.6. The second-order valence-corrected chi connectivity index (χ2v) is 5.43. The number of hydrogen-bond acceptors (Lipinski definition) is 7. The number of nitrogens with one attached hydrogen (secondary N) is 1. The first-order valence-electron chi connectivity index (χ1n) is 7.50. The Morgan fingerprint density at radius 2 is 1.32 bits per heavy atom. The molecule has 5 atom stereocenters. The van der Waals surface area contributed by atoms with E-state index in [9.17, 15) is 9.59 Å². The third-order valence-corrected chi connectivity index (χ3v) is 3.38. The molecule has 0 aliphatic heterocycles. The number of benzene rings is 1. The number of likely N-dealkylation sites (N-methyl/N-ethyl adjacent to an activating group) is 1. The van der Waals surface area contributed by atoms with Gasteiger partial charge in [-0.3, -0.25) is 0 Å². The van der Waals surface area contributed by atoms with E-state index >= 15 is 0 Å². The zero-order chi connectivity index (χ0) is 19.6. The van der Waals surface area contributed by atoms with Crippen molar-refractivity contribution in [3.8, 4) is 0 Å². The van der Waals surface area contributed by atoms with Crippen LogP contribution in [0.5, 0.6) is 0 Å². The Labute approximate surface area is 145 Å². The molecule has 0 saturated heterocycles. The van der Waals surface area contributed by atoms with Crippen molar-refractivity contribution in [1.82, 2.24) is 5.32 Å². The van der Waals surface area contributed by atoms with Gasteiger partial charge in [0.15, 0.2) is 12.2 Å². The van der Waals surface area contributed by atoms with Crippen LogP contribution in [0.4, 0.5) is 0 Å². The van der Waals surface area contributed by atoms with Gasteiger partial charge in [-0.15, -0.1) is 0 Å². The van der Waals surface area contributed by atoms with Gasteiger partial charge in [0.05, 0.1) is 0 Å². The molecule has 0 spiro atoms. The van der Waals surface area contributed by atoms with Crippen molar-refractivity contribution < 1.29 is 40.2 Å². The second-order valence-electron chi connectivity index (χ2n) is 5.43. The molecule has 0 unspecified atom stereocenters. The Bertz CT molecular complexity index is 500. The summed E-state index contributed by atoms with van der Waals surface area (Å²) in [7, 11) is 1.99. The minimum Gasteiger partial charge on any atom is -0.479 e. The van der Waals surface area contributed by atoms with E-state index in [4.69, 9.17) is 30.6 Å². The van der Waals surface area contributed by atoms with Crippen molar-refractivity contribution in [1.29, 1.82) is 0 Å². The van der Waals surface area contributed by atoms with Gasteiger partial charge in [0.2, 0.25) is 0 Å². The second kappa shape index (κ2) is 11.5. The number of hydrogen-bond donors (Lipinski definition) is 7. The summed E-state index contributed by atoms with van der Waals surface area (Å²) in [5, 5.41) is 54.7. The molecular formula is C16H25NO8. The summed E-state index contributed by atoms with van der Waals surface area (Å²) in [6, 6.07) is 11.1. The van der Waals surface area contributed by atoms with Gasteiger partial charge < -0.3 is 36.0 Å². The highest BCUT2D eigenvalue weighted by atomic mass is 16.4. The highest BCUT2D eigenvalue weighted by molar-refractivity contribution is 5.75. The minimum absolute atomic E-state index is 0.567. The van der Waals surface area contributed by atoms with Gasteiger partial charge in [-0.25, -0.2) is 9.59 Å². The molecule has 25 heavy (non-hydrogen) atoms. The number of aliphatic carboxylic acids is 2. The summed E-state index contributed by atoms with van der Waals surface area (Å²) < 4.78 is 0. The maximum absolute atomic E-state index is 10.1. The average Bonchev–Trinajstić information content (AvgIpc) is 2.60. The van der Waals surface area contributed by atoms with Crippen LogP contribution < -0.4 is 5.32 Å². The van der Waals surface area contributed by atoms with E-state index in [2.05, 4.69) is 36.5 Å². The lowest BCUT2D eigenvalue weighted by Crippen LogP contribution is -2.49. The van der Waals surface area contributed by atoms with Crippen molar-refractivity contribution in [3.05, 3.63) is 35.9 Å². The quantitative estimate of drug-likeness (QED) is 0.290. The Morgan fingerprint density at radius 1 is 0.920 bits per heavy atom. The smallest absolute Gasteiger partial charge is 0.335 e. The molecule has 9 heteroatoms. The highest BCUT2D eigenvalue weighted by Crippen LogP contribution is 2.05. The lowest BCUT2D eigenvalue weighted by molar-refractivity contribution is -0.172. The van der Waals surface area contributed by atoms with Crippen molar-refractivity contribution >= 4 is 11.9 Å². The maximum atomic E-state index is 10.1. The molecular weight excluding hydrogens is 334 g/mol. The lowest BCUT2D eigenvalue weighted by atomic mass is 10.0. The zero-order valence-electron chi connectivity index (χ0n) is 14.0. The minimum atomic E-state index is -2.36. The monoisotopic (exact) mass is 359 g/mol. The predicted molar refractivity (Wildman–Crippen MR) is 88.0 cm³/mol. The number of carboxylic acid groups (broad SMARTS) is 2. The van der Waals surface area contributed by atoms with Crippen LogP contribution in [0.1, 0.15) is 12.5 Å². The molecule has 0 saturated carbocycles. The fourth-order valence-electron chi connectivity index (χ4n) is 1.74. The van der Waals surface area contributed by atoms with E-state index in [-0.39, 0.29) is 0 Å². The van der Waals surface area contributed by atoms with E-state index in [1.165, 1.54) is 5.56 Å². The molecule has 0 aliphatic carbocycles. The van der Waals surface area contributed by atoms with E-state index in [1.807, 2.05) is 13.1 Å². The first-order valence-corrected chi connectivity index (χ1v) is 7.50. The Hall–Kier alpha value is -2.04. The van der Waals surface area contributed by atoms with Gasteiger partial charge in [0.1, 0.15) is 12.2 Å². The summed E-state index contributed by atoms with van der Waals surface area (Å²) in [5.74, 6) is -3.68. The van der Waals surface area contributed by atoms with Gasteiger partial charge in [-0.1, -0.05) is 30.3 Å². The summed E-state index contributed by atoms with van der Waals surface area (Å²) in [6.45, 7) is 2.19. The standard InChI is InChI=1S/C10H15N.C6H10O8/c1-9(11-2)8-10-6-4-3-5-7-10;7-1(3(9)5(11)12)2(8)4(10)6(13)14/h3-7,9,11H,8H2,1-2H3;1-4,7-10H,(H,11,12)(H,13,14)/t9-;1-,2-,3-,4+/m00/s1. The van der Waals surface area contributed by atoms with Crippen molar-refractivity contribution in [2.75, 3.05) is 7.05 Å². The number of aliphatic hydroxyl groups excluding tert-OH is 4. The molecule has 9 nitrogen and oxygen atoms in total.